The number of likely N-dealkylation sites (tertiary alicyclic amines) is 1. The molecule has 0 spiro atoms. The molecule has 29 heavy (non-hydrogen) atoms. The van der Waals surface area contributed by atoms with Gasteiger partial charge in [-0.2, -0.15) is 0 Å². The molecule has 2 aliphatic heterocycles. The Labute approximate surface area is 178 Å². The Morgan fingerprint density at radius 2 is 1.59 bits per heavy atom. The van der Waals surface area contributed by atoms with Crippen LogP contribution in [0, 0.1) is 5.92 Å². The monoisotopic (exact) mass is 413 g/mol. The molecule has 4 rings (SSSR count). The topological polar surface area (TPSA) is 52.7 Å². The van der Waals surface area contributed by atoms with Gasteiger partial charge in [0, 0.05) is 39.1 Å². The first-order valence-corrected chi connectivity index (χ1v) is 10.1. The van der Waals surface area contributed by atoms with Crippen LogP contribution in [0.2, 0.25) is 0 Å². The fourth-order valence-corrected chi connectivity index (χ4v) is 4.36. The van der Waals surface area contributed by atoms with Crippen LogP contribution in [0.3, 0.4) is 0 Å². The lowest BCUT2D eigenvalue weighted by Crippen LogP contribution is -2.53. The summed E-state index contributed by atoms with van der Waals surface area (Å²) >= 11 is 0. The number of piperidine rings is 1. The highest BCUT2D eigenvalue weighted by Crippen LogP contribution is 2.38. The third kappa shape index (κ3) is 4.80. The number of carbonyl (C=O) groups is 2. The predicted molar refractivity (Wildman–Crippen MR) is 116 cm³/mol. The van der Waals surface area contributed by atoms with E-state index in [1.165, 1.54) is 0 Å². The number of carbonyl (C=O) groups excluding carboxylic acids is 2. The van der Waals surface area contributed by atoms with Gasteiger partial charge >= 0.3 is 0 Å². The third-order valence-electron chi connectivity index (χ3n) is 5.79. The van der Waals surface area contributed by atoms with Crippen LogP contribution >= 0.6 is 12.4 Å². The fraction of sp³-hybridized carbons (Fsp3) is 0.391. The molecule has 0 aliphatic carbocycles. The molecule has 5 nitrogen and oxygen atoms in total. The Hall–Kier alpha value is -2.37. The SMILES string of the molecule is Cl.O=C(C1CCC(=O)N(Cc2ccccc2)C1c1ccccc1)N1CCNCC1. The highest BCUT2D eigenvalue weighted by molar-refractivity contribution is 5.85. The van der Waals surface area contributed by atoms with Crippen molar-refractivity contribution in [1.29, 1.82) is 0 Å². The quantitative estimate of drug-likeness (QED) is 0.838. The summed E-state index contributed by atoms with van der Waals surface area (Å²) in [6, 6.07) is 19.9. The maximum absolute atomic E-state index is 13.4. The highest BCUT2D eigenvalue weighted by atomic mass is 35.5. The second-order valence-electron chi connectivity index (χ2n) is 7.58. The van der Waals surface area contributed by atoms with E-state index in [0.717, 1.165) is 37.3 Å². The summed E-state index contributed by atoms with van der Waals surface area (Å²) in [6.45, 7) is 3.68. The van der Waals surface area contributed by atoms with E-state index in [-0.39, 0.29) is 36.2 Å². The molecule has 0 radical (unpaired) electrons. The van der Waals surface area contributed by atoms with Crippen molar-refractivity contribution in [2.75, 3.05) is 26.2 Å². The molecule has 2 atom stereocenters. The molecule has 2 aliphatic rings. The summed E-state index contributed by atoms with van der Waals surface area (Å²) in [6.07, 6.45) is 1.05. The first kappa shape index (κ1) is 21.3. The minimum absolute atomic E-state index is 0. The average Bonchev–Trinajstić information content (AvgIpc) is 2.76. The van der Waals surface area contributed by atoms with E-state index in [4.69, 9.17) is 0 Å². The van der Waals surface area contributed by atoms with Crippen molar-refractivity contribution >= 4 is 24.2 Å². The molecule has 1 N–H and O–H groups in total. The van der Waals surface area contributed by atoms with E-state index in [2.05, 4.69) is 5.32 Å². The van der Waals surface area contributed by atoms with Crippen LogP contribution in [0.4, 0.5) is 0 Å². The molecule has 2 aromatic carbocycles. The van der Waals surface area contributed by atoms with Gasteiger partial charge in [-0.3, -0.25) is 9.59 Å². The number of halogens is 1. The lowest BCUT2D eigenvalue weighted by atomic mass is 9.82. The van der Waals surface area contributed by atoms with Crippen LogP contribution < -0.4 is 5.32 Å². The van der Waals surface area contributed by atoms with Crippen molar-refractivity contribution in [1.82, 2.24) is 15.1 Å². The molecule has 154 valence electrons. The van der Waals surface area contributed by atoms with Gasteiger partial charge in [0.05, 0.1) is 12.0 Å². The zero-order chi connectivity index (χ0) is 19.3. The number of benzene rings is 2. The Bertz CT molecular complexity index is 809. The Morgan fingerprint density at radius 3 is 2.24 bits per heavy atom. The minimum Gasteiger partial charge on any atom is -0.340 e. The van der Waals surface area contributed by atoms with Gasteiger partial charge in [-0.1, -0.05) is 60.7 Å². The van der Waals surface area contributed by atoms with E-state index >= 15 is 0 Å². The zero-order valence-corrected chi connectivity index (χ0v) is 17.3. The van der Waals surface area contributed by atoms with Gasteiger partial charge in [-0.25, -0.2) is 0 Å². The molecule has 2 saturated heterocycles. The van der Waals surface area contributed by atoms with Crippen molar-refractivity contribution in [3.05, 3.63) is 71.8 Å². The van der Waals surface area contributed by atoms with Crippen LogP contribution in [-0.2, 0) is 16.1 Å². The number of amides is 2. The second kappa shape index (κ2) is 9.90. The molecule has 6 heteroatoms. The Balaban J connectivity index is 0.00000240. The Kier molecular flexibility index (Phi) is 7.29. The lowest BCUT2D eigenvalue weighted by Gasteiger charge is -2.43. The Morgan fingerprint density at radius 1 is 0.966 bits per heavy atom. The minimum atomic E-state index is -0.218. The molecule has 2 amide bonds. The number of hydrogen-bond donors (Lipinski definition) is 1. The standard InChI is InChI=1S/C23H27N3O2.ClH/c27-21-12-11-20(23(28)25-15-13-24-14-16-25)22(19-9-5-2-6-10-19)26(21)17-18-7-3-1-4-8-18;/h1-10,20,22,24H,11-17H2;1H. The van der Waals surface area contributed by atoms with E-state index in [1.807, 2.05) is 70.5 Å². The van der Waals surface area contributed by atoms with E-state index < -0.39 is 0 Å². The van der Waals surface area contributed by atoms with Crippen LogP contribution in [0.25, 0.3) is 0 Å². The average molecular weight is 414 g/mol. The summed E-state index contributed by atoms with van der Waals surface area (Å²) in [5, 5.41) is 3.31. The second-order valence-corrected chi connectivity index (χ2v) is 7.58. The van der Waals surface area contributed by atoms with Crippen LogP contribution in [0.5, 0.6) is 0 Å². The van der Waals surface area contributed by atoms with Crippen molar-refractivity contribution in [2.24, 2.45) is 5.92 Å². The van der Waals surface area contributed by atoms with Crippen LogP contribution in [0.1, 0.15) is 30.0 Å². The number of nitrogens with one attached hydrogen (secondary N) is 1. The largest absolute Gasteiger partial charge is 0.340 e. The number of nitrogens with zero attached hydrogens (tertiary/aromatic N) is 2. The lowest BCUT2D eigenvalue weighted by molar-refractivity contribution is -0.149. The molecular formula is C23H28ClN3O2. The van der Waals surface area contributed by atoms with E-state index in [0.29, 0.717) is 19.4 Å². The molecule has 0 saturated carbocycles. The molecule has 2 unspecified atom stereocenters. The normalized spacial score (nSPS) is 22.1. The van der Waals surface area contributed by atoms with Gasteiger partial charge in [0.15, 0.2) is 0 Å². The molecule has 0 aromatic heterocycles. The zero-order valence-electron chi connectivity index (χ0n) is 16.5. The van der Waals surface area contributed by atoms with Crippen molar-refractivity contribution in [3.8, 4) is 0 Å². The first-order valence-electron chi connectivity index (χ1n) is 10.1. The summed E-state index contributed by atoms with van der Waals surface area (Å²) < 4.78 is 0. The van der Waals surface area contributed by atoms with Crippen molar-refractivity contribution < 1.29 is 9.59 Å². The van der Waals surface area contributed by atoms with Gasteiger partial charge in [-0.15, -0.1) is 12.4 Å². The summed E-state index contributed by atoms with van der Waals surface area (Å²) in [5.74, 6) is 0.116. The van der Waals surface area contributed by atoms with Gasteiger partial charge in [0.1, 0.15) is 0 Å². The molecule has 2 fully saturated rings. The fourth-order valence-electron chi connectivity index (χ4n) is 4.36. The van der Waals surface area contributed by atoms with Crippen molar-refractivity contribution in [3.63, 3.8) is 0 Å². The van der Waals surface area contributed by atoms with Gasteiger partial charge in [-0.05, 0) is 17.5 Å². The first-order chi connectivity index (χ1) is 13.7. The summed E-state index contributed by atoms with van der Waals surface area (Å²) in [7, 11) is 0. The van der Waals surface area contributed by atoms with E-state index in [1.54, 1.807) is 0 Å². The maximum atomic E-state index is 13.4. The number of piperazine rings is 1. The van der Waals surface area contributed by atoms with Gasteiger partial charge < -0.3 is 15.1 Å². The van der Waals surface area contributed by atoms with E-state index in [9.17, 15) is 9.59 Å². The van der Waals surface area contributed by atoms with Crippen LogP contribution in [-0.4, -0.2) is 47.8 Å². The molecule has 2 heterocycles. The summed E-state index contributed by atoms with van der Waals surface area (Å²) in [4.78, 5) is 30.2. The summed E-state index contributed by atoms with van der Waals surface area (Å²) in [5.41, 5.74) is 2.13. The number of hydrogen-bond acceptors (Lipinski definition) is 3. The smallest absolute Gasteiger partial charge is 0.228 e. The molecule has 0 bridgehead atoms. The van der Waals surface area contributed by atoms with Gasteiger partial charge in [0.2, 0.25) is 11.8 Å². The predicted octanol–water partition coefficient (Wildman–Crippen LogP) is 3.02. The molecule has 2 aromatic rings. The van der Waals surface area contributed by atoms with Crippen LogP contribution in [0.15, 0.2) is 60.7 Å². The highest BCUT2D eigenvalue weighted by Gasteiger charge is 2.42. The number of rotatable bonds is 4. The van der Waals surface area contributed by atoms with Crippen molar-refractivity contribution in [2.45, 2.75) is 25.4 Å². The van der Waals surface area contributed by atoms with Gasteiger partial charge in [0.25, 0.3) is 0 Å². The molecular weight excluding hydrogens is 386 g/mol. The maximum Gasteiger partial charge on any atom is 0.228 e. The third-order valence-corrected chi connectivity index (χ3v) is 5.79.